The lowest BCUT2D eigenvalue weighted by molar-refractivity contribution is -0.148. The molecule has 0 spiro atoms. The highest BCUT2D eigenvalue weighted by molar-refractivity contribution is 6.00. The number of nitrogens with zero attached hydrogens (tertiary/aromatic N) is 2. The molecule has 0 bridgehead atoms. The number of piperidine rings is 1. The van der Waals surface area contributed by atoms with E-state index in [0.717, 1.165) is 0 Å². The van der Waals surface area contributed by atoms with Crippen molar-refractivity contribution in [2.24, 2.45) is 17.8 Å². The van der Waals surface area contributed by atoms with Crippen LogP contribution in [0.15, 0.2) is 18.2 Å². The third-order valence-electron chi connectivity index (χ3n) is 5.44. The Balaban J connectivity index is 1.75. The minimum atomic E-state index is -0.878. The maximum Gasteiger partial charge on any atom is 0.308 e. The zero-order valence-corrected chi connectivity index (χ0v) is 16.4. The SMILES string of the molecule is COc1cc(OC)cc(N2CC(C(=O)N3CC(C)CC(C(=O)O)C3)CC2=O)c1. The number of ether oxygens (including phenoxy) is 2. The van der Waals surface area contributed by atoms with Crippen LogP contribution in [0.1, 0.15) is 19.8 Å². The van der Waals surface area contributed by atoms with Crippen LogP contribution in [-0.2, 0) is 14.4 Å². The summed E-state index contributed by atoms with van der Waals surface area (Å²) in [6, 6.07) is 5.18. The monoisotopic (exact) mass is 390 g/mol. The molecule has 2 saturated heterocycles. The number of likely N-dealkylation sites (tertiary alicyclic amines) is 1. The van der Waals surface area contributed by atoms with Crippen molar-refractivity contribution in [3.63, 3.8) is 0 Å². The number of rotatable bonds is 5. The van der Waals surface area contributed by atoms with E-state index in [2.05, 4.69) is 0 Å². The van der Waals surface area contributed by atoms with Crippen LogP contribution in [0.3, 0.4) is 0 Å². The summed E-state index contributed by atoms with van der Waals surface area (Å²) in [5.74, 6) is -0.964. The molecule has 3 unspecified atom stereocenters. The van der Waals surface area contributed by atoms with Crippen LogP contribution in [0.4, 0.5) is 5.69 Å². The molecular formula is C20H26N2O6. The molecule has 0 radical (unpaired) electrons. The molecule has 152 valence electrons. The number of aliphatic carboxylic acids is 1. The van der Waals surface area contributed by atoms with Crippen LogP contribution in [0.25, 0.3) is 0 Å². The second-order valence-corrected chi connectivity index (χ2v) is 7.60. The van der Waals surface area contributed by atoms with Crippen LogP contribution in [0.5, 0.6) is 11.5 Å². The van der Waals surface area contributed by atoms with Crippen molar-refractivity contribution in [2.75, 3.05) is 38.8 Å². The van der Waals surface area contributed by atoms with Gasteiger partial charge in [0.2, 0.25) is 11.8 Å². The van der Waals surface area contributed by atoms with Gasteiger partial charge in [0.15, 0.2) is 0 Å². The molecule has 28 heavy (non-hydrogen) atoms. The van der Waals surface area contributed by atoms with Crippen molar-refractivity contribution >= 4 is 23.5 Å². The Kier molecular flexibility index (Phi) is 5.76. The summed E-state index contributed by atoms with van der Waals surface area (Å²) in [5, 5.41) is 9.33. The van der Waals surface area contributed by atoms with Crippen molar-refractivity contribution in [3.8, 4) is 11.5 Å². The molecular weight excluding hydrogens is 364 g/mol. The maximum absolute atomic E-state index is 13.0. The molecule has 2 heterocycles. The number of hydrogen-bond donors (Lipinski definition) is 1. The zero-order valence-electron chi connectivity index (χ0n) is 16.4. The van der Waals surface area contributed by atoms with Crippen molar-refractivity contribution in [2.45, 2.75) is 19.8 Å². The predicted octanol–water partition coefficient (Wildman–Crippen LogP) is 1.63. The van der Waals surface area contributed by atoms with E-state index in [-0.39, 0.29) is 37.2 Å². The van der Waals surface area contributed by atoms with Gasteiger partial charge >= 0.3 is 5.97 Å². The molecule has 1 aromatic rings. The van der Waals surface area contributed by atoms with Crippen LogP contribution in [0, 0.1) is 17.8 Å². The van der Waals surface area contributed by atoms with Gasteiger partial charge in [-0.2, -0.15) is 0 Å². The number of anilines is 1. The van der Waals surface area contributed by atoms with Crippen molar-refractivity contribution in [3.05, 3.63) is 18.2 Å². The van der Waals surface area contributed by atoms with Gasteiger partial charge in [-0.15, -0.1) is 0 Å². The van der Waals surface area contributed by atoms with Gasteiger partial charge in [0, 0.05) is 44.3 Å². The Morgan fingerprint density at radius 3 is 2.25 bits per heavy atom. The molecule has 2 amide bonds. The molecule has 1 N–H and O–H groups in total. The van der Waals surface area contributed by atoms with Crippen LogP contribution >= 0.6 is 0 Å². The second kappa shape index (κ2) is 8.08. The highest BCUT2D eigenvalue weighted by atomic mass is 16.5. The normalized spacial score (nSPS) is 25.0. The van der Waals surface area contributed by atoms with Gasteiger partial charge in [0.25, 0.3) is 0 Å². The smallest absolute Gasteiger partial charge is 0.308 e. The summed E-state index contributed by atoms with van der Waals surface area (Å²) in [7, 11) is 3.07. The lowest BCUT2D eigenvalue weighted by Crippen LogP contribution is -2.48. The maximum atomic E-state index is 13.0. The van der Waals surface area contributed by atoms with Crippen molar-refractivity contribution in [1.29, 1.82) is 0 Å². The summed E-state index contributed by atoms with van der Waals surface area (Å²) in [4.78, 5) is 40.1. The quantitative estimate of drug-likeness (QED) is 0.821. The minimum Gasteiger partial charge on any atom is -0.497 e. The number of carboxylic acid groups (broad SMARTS) is 1. The van der Waals surface area contributed by atoms with E-state index >= 15 is 0 Å². The molecule has 0 aliphatic carbocycles. The van der Waals surface area contributed by atoms with Gasteiger partial charge in [-0.3, -0.25) is 14.4 Å². The molecule has 1 aromatic carbocycles. The Labute approximate surface area is 164 Å². The molecule has 0 aromatic heterocycles. The first kappa shape index (κ1) is 20.0. The van der Waals surface area contributed by atoms with Crippen molar-refractivity contribution < 1.29 is 29.0 Å². The summed E-state index contributed by atoms with van der Waals surface area (Å²) in [5.41, 5.74) is 0.618. The van der Waals surface area contributed by atoms with Crippen LogP contribution in [-0.4, -0.2) is 61.6 Å². The standard InChI is InChI=1S/C20H26N2O6/c1-12-4-14(20(25)26)10-21(9-12)19(24)13-5-18(23)22(11-13)15-6-16(27-2)8-17(7-15)28-3/h6-8,12-14H,4-5,9-11H2,1-3H3,(H,25,26). The molecule has 3 atom stereocenters. The number of amides is 2. The van der Waals surface area contributed by atoms with Gasteiger partial charge in [-0.25, -0.2) is 0 Å². The molecule has 2 aliphatic heterocycles. The highest BCUT2D eigenvalue weighted by Gasteiger charge is 2.40. The van der Waals surface area contributed by atoms with Crippen molar-refractivity contribution in [1.82, 2.24) is 4.90 Å². The fourth-order valence-corrected chi connectivity index (χ4v) is 4.04. The number of carbonyl (C=O) groups excluding carboxylic acids is 2. The number of benzene rings is 1. The van der Waals surface area contributed by atoms with Crippen LogP contribution in [0.2, 0.25) is 0 Å². The lowest BCUT2D eigenvalue weighted by Gasteiger charge is -2.36. The van der Waals surface area contributed by atoms with E-state index in [1.165, 1.54) is 14.2 Å². The third-order valence-corrected chi connectivity index (χ3v) is 5.44. The summed E-state index contributed by atoms with van der Waals surface area (Å²) in [6.45, 7) is 2.94. The predicted molar refractivity (Wildman–Crippen MR) is 101 cm³/mol. The van der Waals surface area contributed by atoms with E-state index in [1.54, 1.807) is 28.0 Å². The van der Waals surface area contributed by atoms with Gasteiger partial charge in [-0.1, -0.05) is 6.92 Å². The largest absolute Gasteiger partial charge is 0.497 e. The molecule has 0 saturated carbocycles. The van der Waals surface area contributed by atoms with Gasteiger partial charge in [0.05, 0.1) is 31.7 Å². The Hall–Kier alpha value is -2.77. The number of methoxy groups -OCH3 is 2. The van der Waals surface area contributed by atoms with E-state index in [0.29, 0.717) is 30.2 Å². The molecule has 8 heteroatoms. The Morgan fingerprint density at radius 2 is 1.68 bits per heavy atom. The molecule has 3 rings (SSSR count). The Bertz CT molecular complexity index is 758. The summed E-state index contributed by atoms with van der Waals surface area (Å²) >= 11 is 0. The average Bonchev–Trinajstić information content (AvgIpc) is 3.08. The topological polar surface area (TPSA) is 96.4 Å². The summed E-state index contributed by atoms with van der Waals surface area (Å²) in [6.07, 6.45) is 0.680. The average molecular weight is 390 g/mol. The van der Waals surface area contributed by atoms with E-state index < -0.39 is 17.8 Å². The van der Waals surface area contributed by atoms with Gasteiger partial charge in [-0.05, 0) is 12.3 Å². The first-order chi connectivity index (χ1) is 13.3. The zero-order chi connectivity index (χ0) is 20.4. The fraction of sp³-hybridized carbons (Fsp3) is 0.550. The lowest BCUT2D eigenvalue weighted by atomic mass is 9.89. The number of carboxylic acids is 1. The van der Waals surface area contributed by atoms with Crippen LogP contribution < -0.4 is 14.4 Å². The van der Waals surface area contributed by atoms with Gasteiger partial charge in [0.1, 0.15) is 11.5 Å². The summed E-state index contributed by atoms with van der Waals surface area (Å²) < 4.78 is 10.5. The first-order valence-corrected chi connectivity index (χ1v) is 9.37. The number of carbonyl (C=O) groups is 3. The van der Waals surface area contributed by atoms with E-state index in [9.17, 15) is 19.5 Å². The fourth-order valence-electron chi connectivity index (χ4n) is 4.04. The van der Waals surface area contributed by atoms with E-state index in [4.69, 9.17) is 9.47 Å². The van der Waals surface area contributed by atoms with E-state index in [1.807, 2.05) is 6.92 Å². The van der Waals surface area contributed by atoms with Gasteiger partial charge < -0.3 is 24.4 Å². The minimum absolute atomic E-state index is 0.112. The highest BCUT2D eigenvalue weighted by Crippen LogP contribution is 2.33. The third kappa shape index (κ3) is 4.05. The molecule has 2 fully saturated rings. The molecule has 2 aliphatic rings. The second-order valence-electron chi connectivity index (χ2n) is 7.60. The number of hydrogen-bond acceptors (Lipinski definition) is 5. The first-order valence-electron chi connectivity index (χ1n) is 9.37. The molecule has 8 nitrogen and oxygen atoms in total. The Morgan fingerprint density at radius 1 is 1.04 bits per heavy atom.